The van der Waals surface area contributed by atoms with Crippen LogP contribution in [0.1, 0.15) is 25.8 Å². The summed E-state index contributed by atoms with van der Waals surface area (Å²) in [6, 6.07) is 5.96. The number of rotatable bonds is 4. The lowest BCUT2D eigenvalue weighted by atomic mass is 10.1. The van der Waals surface area contributed by atoms with Gasteiger partial charge in [0.15, 0.2) is 11.5 Å². The average molecular weight is 304 g/mol. The SMILES string of the molecule is CC(C)(C)NCCc1nc(-c2ccc3c(c2)OCO3)cs1. The summed E-state index contributed by atoms with van der Waals surface area (Å²) < 4.78 is 10.7. The summed E-state index contributed by atoms with van der Waals surface area (Å²) in [5.41, 5.74) is 2.23. The standard InChI is InChI=1S/C16H20N2O2S/c1-16(2,3)17-7-6-15-18-12(9-21-15)11-4-5-13-14(8-11)20-10-19-13/h4-5,8-9,17H,6-7,10H2,1-3H3. The number of ether oxygens (including phenoxy) is 2. The minimum absolute atomic E-state index is 0.150. The van der Waals surface area contributed by atoms with Gasteiger partial charge in [-0.25, -0.2) is 4.98 Å². The van der Waals surface area contributed by atoms with Gasteiger partial charge in [-0.3, -0.25) is 0 Å². The number of hydrogen-bond donors (Lipinski definition) is 1. The van der Waals surface area contributed by atoms with E-state index in [9.17, 15) is 0 Å². The molecule has 5 heteroatoms. The van der Waals surface area contributed by atoms with Gasteiger partial charge >= 0.3 is 0 Å². The maximum absolute atomic E-state index is 5.41. The van der Waals surface area contributed by atoms with Gasteiger partial charge in [-0.15, -0.1) is 11.3 Å². The van der Waals surface area contributed by atoms with Gasteiger partial charge in [0, 0.05) is 29.4 Å². The van der Waals surface area contributed by atoms with Gasteiger partial charge in [0.25, 0.3) is 0 Å². The molecule has 2 heterocycles. The lowest BCUT2D eigenvalue weighted by Gasteiger charge is -2.19. The van der Waals surface area contributed by atoms with Crippen LogP contribution in [0.2, 0.25) is 0 Å². The molecule has 0 radical (unpaired) electrons. The molecule has 0 saturated carbocycles. The van der Waals surface area contributed by atoms with E-state index >= 15 is 0 Å². The molecule has 0 fully saturated rings. The minimum Gasteiger partial charge on any atom is -0.454 e. The van der Waals surface area contributed by atoms with Crippen molar-refractivity contribution in [3.05, 3.63) is 28.6 Å². The Balaban J connectivity index is 1.67. The highest BCUT2D eigenvalue weighted by Crippen LogP contribution is 2.36. The van der Waals surface area contributed by atoms with Crippen LogP contribution in [0, 0.1) is 0 Å². The summed E-state index contributed by atoms with van der Waals surface area (Å²) in [5.74, 6) is 1.61. The molecule has 0 amide bonds. The Hall–Kier alpha value is -1.59. The van der Waals surface area contributed by atoms with Crippen molar-refractivity contribution in [2.75, 3.05) is 13.3 Å². The number of hydrogen-bond acceptors (Lipinski definition) is 5. The predicted molar refractivity (Wildman–Crippen MR) is 85.1 cm³/mol. The normalized spacial score (nSPS) is 13.7. The molecule has 0 saturated heterocycles. The Morgan fingerprint density at radius 1 is 1.24 bits per heavy atom. The van der Waals surface area contributed by atoms with Gasteiger partial charge in [-0.2, -0.15) is 0 Å². The van der Waals surface area contributed by atoms with Gasteiger partial charge < -0.3 is 14.8 Å². The van der Waals surface area contributed by atoms with Crippen molar-refractivity contribution in [1.82, 2.24) is 10.3 Å². The van der Waals surface area contributed by atoms with Gasteiger partial charge in [0.1, 0.15) is 0 Å². The third-order valence-corrected chi connectivity index (χ3v) is 4.12. The number of aromatic nitrogens is 1. The molecular weight excluding hydrogens is 284 g/mol. The van der Waals surface area contributed by atoms with E-state index in [1.807, 2.05) is 18.2 Å². The van der Waals surface area contributed by atoms with E-state index in [0.29, 0.717) is 6.79 Å². The lowest BCUT2D eigenvalue weighted by Crippen LogP contribution is -2.37. The third kappa shape index (κ3) is 3.54. The van der Waals surface area contributed by atoms with E-state index in [0.717, 1.165) is 40.7 Å². The second-order valence-electron chi connectivity index (χ2n) is 6.12. The molecule has 0 atom stereocenters. The first-order valence-corrected chi connectivity index (χ1v) is 7.99. The number of nitrogens with one attached hydrogen (secondary N) is 1. The Bertz CT molecular complexity index is 631. The summed E-state index contributed by atoms with van der Waals surface area (Å²) >= 11 is 1.71. The Kier molecular flexibility index (Phi) is 3.87. The molecule has 112 valence electrons. The summed E-state index contributed by atoms with van der Waals surface area (Å²) in [6.45, 7) is 7.77. The van der Waals surface area contributed by atoms with Crippen molar-refractivity contribution in [2.45, 2.75) is 32.7 Å². The summed E-state index contributed by atoms with van der Waals surface area (Å²) in [6.07, 6.45) is 0.951. The fourth-order valence-electron chi connectivity index (χ4n) is 2.16. The molecule has 1 aromatic heterocycles. The number of nitrogens with zero attached hydrogens (tertiary/aromatic N) is 1. The van der Waals surface area contributed by atoms with E-state index in [2.05, 4.69) is 31.5 Å². The predicted octanol–water partition coefficient (Wildman–Crippen LogP) is 3.47. The average Bonchev–Trinajstić information content (AvgIpc) is 3.04. The van der Waals surface area contributed by atoms with Gasteiger partial charge in [-0.05, 0) is 39.0 Å². The van der Waals surface area contributed by atoms with Crippen LogP contribution in [0.25, 0.3) is 11.3 Å². The molecule has 2 aromatic rings. The largest absolute Gasteiger partial charge is 0.454 e. The number of fused-ring (bicyclic) bond motifs is 1. The Morgan fingerprint density at radius 2 is 2.05 bits per heavy atom. The zero-order valence-corrected chi connectivity index (χ0v) is 13.4. The maximum atomic E-state index is 5.41. The molecule has 1 aliphatic rings. The molecule has 0 aliphatic carbocycles. The molecule has 1 N–H and O–H groups in total. The highest BCUT2D eigenvalue weighted by Gasteiger charge is 2.15. The van der Waals surface area contributed by atoms with E-state index in [1.54, 1.807) is 11.3 Å². The van der Waals surface area contributed by atoms with Gasteiger partial charge in [-0.1, -0.05) is 0 Å². The van der Waals surface area contributed by atoms with Crippen molar-refractivity contribution in [3.63, 3.8) is 0 Å². The zero-order chi connectivity index (χ0) is 14.9. The quantitative estimate of drug-likeness (QED) is 0.939. The van der Waals surface area contributed by atoms with Crippen LogP contribution in [-0.2, 0) is 6.42 Å². The molecule has 0 bridgehead atoms. The second kappa shape index (κ2) is 5.66. The first-order chi connectivity index (χ1) is 10.0. The monoisotopic (exact) mass is 304 g/mol. The lowest BCUT2D eigenvalue weighted by molar-refractivity contribution is 0.174. The van der Waals surface area contributed by atoms with Crippen molar-refractivity contribution >= 4 is 11.3 Å². The van der Waals surface area contributed by atoms with Crippen molar-refractivity contribution in [2.24, 2.45) is 0 Å². The molecule has 1 aromatic carbocycles. The topological polar surface area (TPSA) is 43.4 Å². The fourth-order valence-corrected chi connectivity index (χ4v) is 2.97. The summed E-state index contributed by atoms with van der Waals surface area (Å²) in [7, 11) is 0. The van der Waals surface area contributed by atoms with E-state index < -0.39 is 0 Å². The maximum Gasteiger partial charge on any atom is 0.231 e. The van der Waals surface area contributed by atoms with Crippen LogP contribution in [0.3, 0.4) is 0 Å². The second-order valence-corrected chi connectivity index (χ2v) is 7.06. The Labute approximate surface area is 129 Å². The number of thiazole rings is 1. The highest BCUT2D eigenvalue weighted by molar-refractivity contribution is 7.09. The van der Waals surface area contributed by atoms with Gasteiger partial charge in [0.2, 0.25) is 6.79 Å². The van der Waals surface area contributed by atoms with Crippen molar-refractivity contribution < 1.29 is 9.47 Å². The van der Waals surface area contributed by atoms with Crippen LogP contribution in [0.15, 0.2) is 23.6 Å². The summed E-state index contributed by atoms with van der Waals surface area (Å²) in [4.78, 5) is 4.71. The smallest absolute Gasteiger partial charge is 0.231 e. The molecule has 3 rings (SSSR count). The minimum atomic E-state index is 0.150. The van der Waals surface area contributed by atoms with Crippen molar-refractivity contribution in [1.29, 1.82) is 0 Å². The van der Waals surface area contributed by atoms with Crippen LogP contribution >= 0.6 is 11.3 Å². The highest BCUT2D eigenvalue weighted by atomic mass is 32.1. The fraction of sp³-hybridized carbons (Fsp3) is 0.438. The van der Waals surface area contributed by atoms with Crippen molar-refractivity contribution in [3.8, 4) is 22.8 Å². The molecule has 0 unspecified atom stereocenters. The summed E-state index contributed by atoms with van der Waals surface area (Å²) in [5, 5.41) is 6.74. The Morgan fingerprint density at radius 3 is 2.86 bits per heavy atom. The van der Waals surface area contributed by atoms with E-state index in [1.165, 1.54) is 0 Å². The third-order valence-electron chi connectivity index (χ3n) is 3.21. The van der Waals surface area contributed by atoms with Gasteiger partial charge in [0.05, 0.1) is 10.7 Å². The van der Waals surface area contributed by atoms with Crippen LogP contribution < -0.4 is 14.8 Å². The molecule has 21 heavy (non-hydrogen) atoms. The van der Waals surface area contributed by atoms with E-state index in [-0.39, 0.29) is 5.54 Å². The first-order valence-electron chi connectivity index (χ1n) is 7.11. The first kappa shape index (κ1) is 14.4. The van der Waals surface area contributed by atoms with Crippen LogP contribution in [0.5, 0.6) is 11.5 Å². The van der Waals surface area contributed by atoms with Crippen LogP contribution in [-0.4, -0.2) is 23.9 Å². The van der Waals surface area contributed by atoms with E-state index in [4.69, 9.17) is 14.5 Å². The number of benzene rings is 1. The molecule has 0 spiro atoms. The zero-order valence-electron chi connectivity index (χ0n) is 12.6. The molecule has 1 aliphatic heterocycles. The molecule has 4 nitrogen and oxygen atoms in total. The molecular formula is C16H20N2O2S. The van der Waals surface area contributed by atoms with Crippen LogP contribution in [0.4, 0.5) is 0 Å².